The fraction of sp³-hybridized carbons (Fsp3) is 0.833. The van der Waals surface area contributed by atoms with Crippen LogP contribution in [0, 0.1) is 11.3 Å². The molecule has 0 saturated carbocycles. The van der Waals surface area contributed by atoms with Gasteiger partial charge in [-0.05, 0) is 7.05 Å². The van der Waals surface area contributed by atoms with Crippen LogP contribution in [0.3, 0.4) is 0 Å². The summed E-state index contributed by atoms with van der Waals surface area (Å²) in [7, 11) is 1.83. The van der Waals surface area contributed by atoms with Gasteiger partial charge in [0.2, 0.25) is 5.91 Å². The van der Waals surface area contributed by atoms with Gasteiger partial charge < -0.3 is 10.6 Å². The number of Topliss-reactive ketones (excluding diaryl/α,β-unsaturated/α-hetero) is 1. The molecule has 0 radical (unpaired) electrons. The summed E-state index contributed by atoms with van der Waals surface area (Å²) in [5, 5.41) is 5.73. The van der Waals surface area contributed by atoms with E-state index in [4.69, 9.17) is 0 Å². The fourth-order valence-corrected chi connectivity index (χ4v) is 1.16. The van der Waals surface area contributed by atoms with Crippen molar-refractivity contribution in [2.75, 3.05) is 20.1 Å². The molecular formula is C12H24N2O2. The SMILES string of the molecule is CNCCNC(=O)C(C)CC(=O)C(C)(C)C. The summed E-state index contributed by atoms with van der Waals surface area (Å²) < 4.78 is 0. The Bertz CT molecular complexity index is 244. The van der Waals surface area contributed by atoms with Crippen LogP contribution >= 0.6 is 0 Å². The highest BCUT2D eigenvalue weighted by Gasteiger charge is 2.25. The lowest BCUT2D eigenvalue weighted by molar-refractivity contribution is -0.132. The predicted octanol–water partition coefficient (Wildman–Crippen LogP) is 0.963. The zero-order chi connectivity index (χ0) is 12.8. The Labute approximate surface area is 98.2 Å². The van der Waals surface area contributed by atoms with E-state index in [1.807, 2.05) is 27.8 Å². The van der Waals surface area contributed by atoms with E-state index in [0.29, 0.717) is 13.0 Å². The van der Waals surface area contributed by atoms with E-state index in [9.17, 15) is 9.59 Å². The normalized spacial score (nSPS) is 13.3. The monoisotopic (exact) mass is 228 g/mol. The van der Waals surface area contributed by atoms with Gasteiger partial charge in [0, 0.05) is 30.8 Å². The Kier molecular flexibility index (Phi) is 6.26. The third-order valence-electron chi connectivity index (χ3n) is 2.45. The molecule has 0 rings (SSSR count). The summed E-state index contributed by atoms with van der Waals surface area (Å²) in [6.45, 7) is 8.76. The second-order valence-electron chi connectivity index (χ2n) is 5.17. The van der Waals surface area contributed by atoms with Crippen molar-refractivity contribution in [1.29, 1.82) is 0 Å². The number of amides is 1. The number of carbonyl (C=O) groups excluding carboxylic acids is 2. The van der Waals surface area contributed by atoms with Crippen molar-refractivity contribution in [2.45, 2.75) is 34.1 Å². The summed E-state index contributed by atoms with van der Waals surface area (Å²) in [4.78, 5) is 23.3. The molecule has 4 nitrogen and oxygen atoms in total. The Morgan fingerprint density at radius 3 is 2.19 bits per heavy atom. The summed E-state index contributed by atoms with van der Waals surface area (Å²) in [5.74, 6) is -0.166. The van der Waals surface area contributed by atoms with E-state index < -0.39 is 0 Å². The standard InChI is InChI=1S/C12H24N2O2/c1-9(8-10(15)12(2,3)4)11(16)14-7-6-13-5/h9,13H,6-8H2,1-5H3,(H,14,16). The molecule has 1 unspecified atom stereocenters. The van der Waals surface area contributed by atoms with Crippen LogP contribution in [0.15, 0.2) is 0 Å². The van der Waals surface area contributed by atoms with Gasteiger partial charge in [-0.3, -0.25) is 9.59 Å². The number of likely N-dealkylation sites (N-methyl/N-ethyl adjacent to an activating group) is 1. The van der Waals surface area contributed by atoms with Crippen molar-refractivity contribution in [3.05, 3.63) is 0 Å². The number of carbonyl (C=O) groups is 2. The summed E-state index contributed by atoms with van der Waals surface area (Å²) in [6.07, 6.45) is 0.314. The van der Waals surface area contributed by atoms with Gasteiger partial charge in [-0.15, -0.1) is 0 Å². The van der Waals surface area contributed by atoms with Gasteiger partial charge in [0.1, 0.15) is 5.78 Å². The van der Waals surface area contributed by atoms with Crippen LogP contribution in [0.4, 0.5) is 0 Å². The Hall–Kier alpha value is -0.900. The van der Waals surface area contributed by atoms with Gasteiger partial charge >= 0.3 is 0 Å². The van der Waals surface area contributed by atoms with Gasteiger partial charge in [-0.2, -0.15) is 0 Å². The predicted molar refractivity (Wildman–Crippen MR) is 65.2 cm³/mol. The molecule has 0 fully saturated rings. The molecule has 2 N–H and O–H groups in total. The highest BCUT2D eigenvalue weighted by Crippen LogP contribution is 2.19. The highest BCUT2D eigenvalue weighted by molar-refractivity contribution is 5.89. The first kappa shape index (κ1) is 15.1. The van der Waals surface area contributed by atoms with E-state index in [2.05, 4.69) is 10.6 Å². The zero-order valence-corrected chi connectivity index (χ0v) is 11.0. The minimum Gasteiger partial charge on any atom is -0.355 e. The molecule has 0 spiro atoms. The summed E-state index contributed by atoms with van der Waals surface area (Å²) in [5.41, 5.74) is -0.362. The lowest BCUT2D eigenvalue weighted by Crippen LogP contribution is -2.36. The van der Waals surface area contributed by atoms with E-state index in [0.717, 1.165) is 6.54 Å². The van der Waals surface area contributed by atoms with Crippen LogP contribution < -0.4 is 10.6 Å². The molecule has 94 valence electrons. The van der Waals surface area contributed by atoms with Crippen molar-refractivity contribution < 1.29 is 9.59 Å². The Morgan fingerprint density at radius 1 is 1.19 bits per heavy atom. The van der Waals surface area contributed by atoms with Crippen LogP contribution in [-0.4, -0.2) is 31.8 Å². The third-order valence-corrected chi connectivity index (χ3v) is 2.45. The minimum atomic E-state index is -0.362. The maximum Gasteiger partial charge on any atom is 0.223 e. The lowest BCUT2D eigenvalue weighted by Gasteiger charge is -2.19. The Balaban J connectivity index is 4.01. The molecule has 0 aliphatic rings. The van der Waals surface area contributed by atoms with Crippen molar-refractivity contribution in [2.24, 2.45) is 11.3 Å². The first-order valence-corrected chi connectivity index (χ1v) is 5.74. The topological polar surface area (TPSA) is 58.2 Å². The van der Waals surface area contributed by atoms with Crippen LogP contribution in [0.25, 0.3) is 0 Å². The zero-order valence-electron chi connectivity index (χ0n) is 11.0. The maximum absolute atomic E-state index is 11.7. The van der Waals surface area contributed by atoms with Crippen LogP contribution in [0.1, 0.15) is 34.1 Å². The maximum atomic E-state index is 11.7. The first-order valence-electron chi connectivity index (χ1n) is 5.74. The third kappa shape index (κ3) is 5.85. The number of ketones is 1. The molecule has 0 bridgehead atoms. The fourth-order valence-electron chi connectivity index (χ4n) is 1.16. The summed E-state index contributed by atoms with van der Waals surface area (Å²) in [6, 6.07) is 0. The molecule has 0 aromatic carbocycles. The average molecular weight is 228 g/mol. The molecule has 1 atom stereocenters. The second-order valence-corrected chi connectivity index (χ2v) is 5.17. The molecular weight excluding hydrogens is 204 g/mol. The van der Waals surface area contributed by atoms with Gasteiger partial charge in [0.05, 0.1) is 0 Å². The average Bonchev–Trinajstić information content (AvgIpc) is 2.16. The summed E-state index contributed by atoms with van der Waals surface area (Å²) >= 11 is 0. The van der Waals surface area contributed by atoms with Crippen molar-refractivity contribution >= 4 is 11.7 Å². The van der Waals surface area contributed by atoms with Gasteiger partial charge in [-0.25, -0.2) is 0 Å². The molecule has 16 heavy (non-hydrogen) atoms. The molecule has 0 aliphatic carbocycles. The van der Waals surface area contributed by atoms with Crippen LogP contribution in [0.2, 0.25) is 0 Å². The largest absolute Gasteiger partial charge is 0.355 e. The second kappa shape index (κ2) is 6.63. The van der Waals surface area contributed by atoms with Gasteiger partial charge in [-0.1, -0.05) is 27.7 Å². The molecule has 1 amide bonds. The quantitative estimate of drug-likeness (QED) is 0.666. The molecule has 0 heterocycles. The molecule has 0 aliphatic heterocycles. The van der Waals surface area contributed by atoms with Crippen LogP contribution in [-0.2, 0) is 9.59 Å². The van der Waals surface area contributed by atoms with Crippen LogP contribution in [0.5, 0.6) is 0 Å². The molecule has 0 aromatic heterocycles. The van der Waals surface area contributed by atoms with E-state index in [-0.39, 0.29) is 23.0 Å². The number of hydrogen-bond acceptors (Lipinski definition) is 3. The number of rotatable bonds is 6. The lowest BCUT2D eigenvalue weighted by atomic mass is 9.85. The molecule has 4 heteroatoms. The molecule has 0 aromatic rings. The number of nitrogens with one attached hydrogen (secondary N) is 2. The van der Waals surface area contributed by atoms with E-state index in [1.165, 1.54) is 0 Å². The first-order chi connectivity index (χ1) is 7.29. The smallest absolute Gasteiger partial charge is 0.223 e. The highest BCUT2D eigenvalue weighted by atomic mass is 16.2. The van der Waals surface area contributed by atoms with Crippen molar-refractivity contribution in [1.82, 2.24) is 10.6 Å². The number of hydrogen-bond donors (Lipinski definition) is 2. The minimum absolute atomic E-state index is 0.0483. The Morgan fingerprint density at radius 2 is 1.75 bits per heavy atom. The van der Waals surface area contributed by atoms with Crippen molar-refractivity contribution in [3.63, 3.8) is 0 Å². The molecule has 0 saturated heterocycles. The van der Waals surface area contributed by atoms with E-state index >= 15 is 0 Å². The van der Waals surface area contributed by atoms with Gasteiger partial charge in [0.25, 0.3) is 0 Å². The van der Waals surface area contributed by atoms with E-state index in [1.54, 1.807) is 6.92 Å². The van der Waals surface area contributed by atoms with Crippen molar-refractivity contribution in [3.8, 4) is 0 Å². The van der Waals surface area contributed by atoms with Gasteiger partial charge in [0.15, 0.2) is 0 Å².